The number of fused-ring (bicyclic) bond motifs is 1. The molecule has 0 unspecified atom stereocenters. The van der Waals surface area contributed by atoms with Crippen LogP contribution in [0.15, 0.2) is 35.5 Å². The number of carbonyl (C=O) groups excluding carboxylic acids is 1. The molecule has 132 valence electrons. The molecule has 3 aliphatic rings. The van der Waals surface area contributed by atoms with E-state index in [2.05, 4.69) is 37.9 Å². The lowest BCUT2D eigenvalue weighted by Gasteiger charge is -2.51. The minimum atomic E-state index is -0.0730. The SMILES string of the molecule is C=C(C)[C@@H]1CC=C([C@@H]2CC[C@@](C)(NC=O)[C@H]3CCC(C)=C[C@@H]23)CO1. The predicted molar refractivity (Wildman–Crippen MR) is 97.6 cm³/mol. The van der Waals surface area contributed by atoms with E-state index in [-0.39, 0.29) is 11.6 Å². The fourth-order valence-corrected chi connectivity index (χ4v) is 5.01. The molecule has 1 aliphatic heterocycles. The van der Waals surface area contributed by atoms with E-state index in [4.69, 9.17) is 4.74 Å². The van der Waals surface area contributed by atoms with Crippen molar-refractivity contribution in [3.05, 3.63) is 35.5 Å². The standard InChI is InChI=1S/C21H31NO2/c1-14(2)20-8-6-16(12-24-20)17-9-10-21(4,22-13-23)19-7-5-15(3)11-18(17)19/h6,11,13,17-20H,1,5,7-10,12H2,2-4H3,(H,22,23)/t17-,18-,19-,20-,21+/m0/s1. The van der Waals surface area contributed by atoms with Crippen LogP contribution in [0.25, 0.3) is 0 Å². The van der Waals surface area contributed by atoms with Gasteiger partial charge >= 0.3 is 0 Å². The normalized spacial score (nSPS) is 39.3. The Morgan fingerprint density at radius 1 is 1.46 bits per heavy atom. The van der Waals surface area contributed by atoms with E-state index < -0.39 is 0 Å². The summed E-state index contributed by atoms with van der Waals surface area (Å²) in [7, 11) is 0. The van der Waals surface area contributed by atoms with Gasteiger partial charge in [0.05, 0.1) is 12.7 Å². The van der Waals surface area contributed by atoms with E-state index in [0.717, 1.165) is 44.3 Å². The number of hydrogen-bond acceptors (Lipinski definition) is 2. The van der Waals surface area contributed by atoms with Gasteiger partial charge in [0.2, 0.25) is 6.41 Å². The molecule has 0 aromatic heterocycles. The number of nitrogens with one attached hydrogen (secondary N) is 1. The molecule has 0 radical (unpaired) electrons. The molecule has 0 aromatic rings. The minimum absolute atomic E-state index is 0.0730. The number of carbonyl (C=O) groups is 1. The molecule has 0 saturated heterocycles. The van der Waals surface area contributed by atoms with Crippen LogP contribution in [0.4, 0.5) is 0 Å². The first-order chi connectivity index (χ1) is 11.4. The van der Waals surface area contributed by atoms with Crippen LogP contribution in [-0.4, -0.2) is 24.7 Å². The molecule has 0 aromatic carbocycles. The third-order valence-electron chi connectivity index (χ3n) is 6.51. The molecule has 1 heterocycles. The monoisotopic (exact) mass is 329 g/mol. The Morgan fingerprint density at radius 3 is 2.88 bits per heavy atom. The lowest BCUT2D eigenvalue weighted by Crippen LogP contribution is -2.56. The largest absolute Gasteiger partial charge is 0.369 e. The van der Waals surface area contributed by atoms with Crippen LogP contribution >= 0.6 is 0 Å². The number of rotatable bonds is 4. The summed E-state index contributed by atoms with van der Waals surface area (Å²) in [6, 6.07) is 0. The van der Waals surface area contributed by atoms with Crippen LogP contribution in [0.1, 0.15) is 52.9 Å². The van der Waals surface area contributed by atoms with Gasteiger partial charge in [-0.25, -0.2) is 0 Å². The molecule has 3 nitrogen and oxygen atoms in total. The number of amides is 1. The van der Waals surface area contributed by atoms with E-state index in [0.29, 0.717) is 17.8 Å². The molecule has 2 aliphatic carbocycles. The molecule has 5 atom stereocenters. The summed E-state index contributed by atoms with van der Waals surface area (Å²) in [6.45, 7) is 11.3. The van der Waals surface area contributed by atoms with Crippen molar-refractivity contribution in [2.75, 3.05) is 6.61 Å². The molecular formula is C21H31NO2. The van der Waals surface area contributed by atoms with Gasteiger partial charge in [0.1, 0.15) is 0 Å². The van der Waals surface area contributed by atoms with Crippen molar-refractivity contribution in [2.24, 2.45) is 17.8 Å². The summed E-state index contributed by atoms with van der Waals surface area (Å²) in [5.41, 5.74) is 3.99. The zero-order valence-electron chi connectivity index (χ0n) is 15.3. The summed E-state index contributed by atoms with van der Waals surface area (Å²) in [5.74, 6) is 1.59. The topological polar surface area (TPSA) is 38.3 Å². The van der Waals surface area contributed by atoms with Crippen LogP contribution in [0.2, 0.25) is 0 Å². The molecule has 1 amide bonds. The first-order valence-corrected chi connectivity index (χ1v) is 9.29. The van der Waals surface area contributed by atoms with Crippen molar-refractivity contribution in [2.45, 2.75) is 64.5 Å². The van der Waals surface area contributed by atoms with Crippen LogP contribution in [0.5, 0.6) is 0 Å². The molecular weight excluding hydrogens is 298 g/mol. The highest BCUT2D eigenvalue weighted by Crippen LogP contribution is 2.50. The Morgan fingerprint density at radius 2 is 2.25 bits per heavy atom. The fraction of sp³-hybridized carbons (Fsp3) is 0.667. The average molecular weight is 329 g/mol. The average Bonchev–Trinajstić information content (AvgIpc) is 2.55. The van der Waals surface area contributed by atoms with Crippen LogP contribution in [0, 0.1) is 17.8 Å². The Bertz CT molecular complexity index is 576. The van der Waals surface area contributed by atoms with E-state index in [1.807, 2.05) is 6.92 Å². The van der Waals surface area contributed by atoms with Gasteiger partial charge in [0, 0.05) is 5.54 Å². The van der Waals surface area contributed by atoms with Crippen molar-refractivity contribution >= 4 is 6.41 Å². The highest BCUT2D eigenvalue weighted by Gasteiger charge is 2.47. The second kappa shape index (κ2) is 6.87. The maximum Gasteiger partial charge on any atom is 0.207 e. The summed E-state index contributed by atoms with van der Waals surface area (Å²) in [6.07, 6.45) is 11.4. The summed E-state index contributed by atoms with van der Waals surface area (Å²) in [5, 5.41) is 3.15. The van der Waals surface area contributed by atoms with E-state index in [1.165, 1.54) is 17.6 Å². The van der Waals surface area contributed by atoms with Crippen molar-refractivity contribution < 1.29 is 9.53 Å². The molecule has 1 N–H and O–H groups in total. The Kier molecular flexibility index (Phi) is 5.00. The highest BCUT2D eigenvalue weighted by molar-refractivity contribution is 5.48. The quantitative estimate of drug-likeness (QED) is 0.621. The molecule has 3 heteroatoms. The van der Waals surface area contributed by atoms with Crippen molar-refractivity contribution in [3.8, 4) is 0 Å². The van der Waals surface area contributed by atoms with Gasteiger partial charge in [-0.05, 0) is 76.2 Å². The second-order valence-corrected chi connectivity index (χ2v) is 8.22. The smallest absolute Gasteiger partial charge is 0.207 e. The molecule has 1 saturated carbocycles. The highest BCUT2D eigenvalue weighted by atomic mass is 16.5. The van der Waals surface area contributed by atoms with E-state index in [1.54, 1.807) is 0 Å². The van der Waals surface area contributed by atoms with E-state index in [9.17, 15) is 4.79 Å². The van der Waals surface area contributed by atoms with E-state index >= 15 is 0 Å². The van der Waals surface area contributed by atoms with Crippen molar-refractivity contribution in [3.63, 3.8) is 0 Å². The Balaban J connectivity index is 1.84. The van der Waals surface area contributed by atoms with Crippen LogP contribution in [-0.2, 0) is 9.53 Å². The minimum Gasteiger partial charge on any atom is -0.369 e. The number of allylic oxidation sites excluding steroid dienone is 2. The molecule has 24 heavy (non-hydrogen) atoms. The summed E-state index contributed by atoms with van der Waals surface area (Å²) >= 11 is 0. The molecule has 1 fully saturated rings. The maximum atomic E-state index is 11.1. The van der Waals surface area contributed by atoms with Gasteiger partial charge in [0.25, 0.3) is 0 Å². The summed E-state index contributed by atoms with van der Waals surface area (Å²) < 4.78 is 6.05. The number of ether oxygens (including phenoxy) is 1. The van der Waals surface area contributed by atoms with Crippen LogP contribution in [0.3, 0.4) is 0 Å². The number of hydrogen-bond donors (Lipinski definition) is 1. The fourth-order valence-electron chi connectivity index (χ4n) is 5.01. The maximum absolute atomic E-state index is 11.1. The molecule has 0 bridgehead atoms. The predicted octanol–water partition coefficient (Wildman–Crippen LogP) is 4.17. The Hall–Kier alpha value is -1.35. The first kappa shape index (κ1) is 17.5. The van der Waals surface area contributed by atoms with Gasteiger partial charge in [-0.2, -0.15) is 0 Å². The zero-order chi connectivity index (χ0) is 17.3. The lowest BCUT2D eigenvalue weighted by molar-refractivity contribution is -0.112. The lowest BCUT2D eigenvalue weighted by atomic mass is 9.58. The first-order valence-electron chi connectivity index (χ1n) is 9.29. The third kappa shape index (κ3) is 3.23. The van der Waals surface area contributed by atoms with Crippen molar-refractivity contribution in [1.82, 2.24) is 5.32 Å². The van der Waals surface area contributed by atoms with Crippen LogP contribution < -0.4 is 5.32 Å². The Labute approximate surface area is 146 Å². The van der Waals surface area contributed by atoms with Gasteiger partial charge in [-0.1, -0.05) is 29.9 Å². The second-order valence-electron chi connectivity index (χ2n) is 8.22. The summed E-state index contributed by atoms with van der Waals surface area (Å²) in [4.78, 5) is 11.1. The zero-order valence-corrected chi connectivity index (χ0v) is 15.3. The molecule has 0 spiro atoms. The molecule has 3 rings (SSSR count). The van der Waals surface area contributed by atoms with Gasteiger partial charge in [-0.3, -0.25) is 4.79 Å². The van der Waals surface area contributed by atoms with Crippen molar-refractivity contribution in [1.29, 1.82) is 0 Å². The third-order valence-corrected chi connectivity index (χ3v) is 6.51. The van der Waals surface area contributed by atoms with Gasteiger partial charge in [-0.15, -0.1) is 0 Å². The van der Waals surface area contributed by atoms with Gasteiger partial charge in [0.15, 0.2) is 0 Å². The van der Waals surface area contributed by atoms with Gasteiger partial charge < -0.3 is 10.1 Å².